The quantitative estimate of drug-likeness (QED) is 0.760. The molecular weight excluding hydrogens is 368 g/mol. The lowest BCUT2D eigenvalue weighted by molar-refractivity contribution is -0.122. The molecule has 2 aromatic rings. The van der Waals surface area contributed by atoms with Gasteiger partial charge in [-0.05, 0) is 76.2 Å². The van der Waals surface area contributed by atoms with Crippen molar-refractivity contribution in [1.82, 2.24) is 0 Å². The Balaban J connectivity index is 1.60. The van der Waals surface area contributed by atoms with Gasteiger partial charge in [0.05, 0.1) is 18.1 Å². The van der Waals surface area contributed by atoms with Crippen molar-refractivity contribution in [3.8, 4) is 11.5 Å². The third kappa shape index (κ3) is 5.50. The van der Waals surface area contributed by atoms with E-state index in [0.29, 0.717) is 12.2 Å². The minimum Gasteiger partial charge on any atom is -0.491 e. The molecule has 0 aliphatic carbocycles. The molecule has 1 heterocycles. The van der Waals surface area contributed by atoms with Crippen LogP contribution >= 0.6 is 0 Å². The summed E-state index contributed by atoms with van der Waals surface area (Å²) in [5.41, 5.74) is 1.46. The number of benzene rings is 2. The first-order valence-electron chi connectivity index (χ1n) is 9.96. The number of amides is 2. The second kappa shape index (κ2) is 8.99. The molecule has 1 unspecified atom stereocenters. The molecule has 154 valence electrons. The zero-order valence-corrected chi connectivity index (χ0v) is 17.3. The van der Waals surface area contributed by atoms with E-state index in [2.05, 4.69) is 5.32 Å². The zero-order chi connectivity index (χ0) is 21.0. The average molecular weight is 396 g/mol. The highest BCUT2D eigenvalue weighted by atomic mass is 16.5. The molecule has 3 rings (SSSR count). The number of anilines is 2. The molecule has 2 aromatic carbocycles. The summed E-state index contributed by atoms with van der Waals surface area (Å²) >= 11 is 0. The van der Waals surface area contributed by atoms with E-state index in [9.17, 15) is 9.59 Å². The summed E-state index contributed by atoms with van der Waals surface area (Å²) in [6.45, 7) is 8.22. The Morgan fingerprint density at radius 2 is 1.45 bits per heavy atom. The Hall–Kier alpha value is -3.02. The first-order chi connectivity index (χ1) is 13.8. The fourth-order valence-corrected chi connectivity index (χ4v) is 3.24. The Morgan fingerprint density at radius 3 is 1.97 bits per heavy atom. The Morgan fingerprint density at radius 1 is 0.931 bits per heavy atom. The lowest BCUT2D eigenvalue weighted by Gasteiger charge is -2.18. The zero-order valence-electron chi connectivity index (χ0n) is 17.3. The van der Waals surface area contributed by atoms with Gasteiger partial charge in [0.1, 0.15) is 11.5 Å². The highest BCUT2D eigenvalue weighted by Gasteiger charge is 2.35. The SMILES string of the molecule is CC(C)Oc1ccc(NC(=O)C2CC(=O)N(c3ccc(OC(C)C)cc3)C2)cc1. The van der Waals surface area contributed by atoms with E-state index in [4.69, 9.17) is 9.47 Å². The van der Waals surface area contributed by atoms with Crippen LogP contribution in [0.1, 0.15) is 34.1 Å². The third-order valence-corrected chi connectivity index (χ3v) is 4.51. The molecule has 1 fully saturated rings. The molecule has 1 aliphatic rings. The van der Waals surface area contributed by atoms with E-state index in [1.54, 1.807) is 17.0 Å². The van der Waals surface area contributed by atoms with Crippen LogP contribution < -0.4 is 19.7 Å². The topological polar surface area (TPSA) is 67.9 Å². The van der Waals surface area contributed by atoms with E-state index in [1.807, 2.05) is 64.1 Å². The number of hydrogen-bond acceptors (Lipinski definition) is 4. The van der Waals surface area contributed by atoms with Crippen LogP contribution in [0.2, 0.25) is 0 Å². The molecule has 29 heavy (non-hydrogen) atoms. The molecule has 0 bridgehead atoms. The van der Waals surface area contributed by atoms with Crippen LogP contribution in [0.15, 0.2) is 48.5 Å². The van der Waals surface area contributed by atoms with Crippen LogP contribution in [-0.4, -0.2) is 30.6 Å². The van der Waals surface area contributed by atoms with Crippen molar-refractivity contribution in [3.63, 3.8) is 0 Å². The van der Waals surface area contributed by atoms with E-state index in [0.717, 1.165) is 17.2 Å². The summed E-state index contributed by atoms with van der Waals surface area (Å²) in [5, 5.41) is 2.89. The van der Waals surface area contributed by atoms with Gasteiger partial charge in [0.2, 0.25) is 11.8 Å². The van der Waals surface area contributed by atoms with Gasteiger partial charge in [0.25, 0.3) is 0 Å². The maximum Gasteiger partial charge on any atom is 0.229 e. The van der Waals surface area contributed by atoms with Gasteiger partial charge in [-0.1, -0.05) is 0 Å². The van der Waals surface area contributed by atoms with Crippen molar-refractivity contribution < 1.29 is 19.1 Å². The van der Waals surface area contributed by atoms with E-state index < -0.39 is 0 Å². The Bertz CT molecular complexity index is 844. The monoisotopic (exact) mass is 396 g/mol. The normalized spacial score (nSPS) is 16.4. The van der Waals surface area contributed by atoms with Gasteiger partial charge >= 0.3 is 0 Å². The summed E-state index contributed by atoms with van der Waals surface area (Å²) in [5.74, 6) is 0.918. The molecule has 1 saturated heterocycles. The number of ether oxygens (including phenoxy) is 2. The molecule has 6 heteroatoms. The Labute approximate surface area is 171 Å². The van der Waals surface area contributed by atoms with Crippen LogP contribution in [0.5, 0.6) is 11.5 Å². The van der Waals surface area contributed by atoms with Crippen molar-refractivity contribution in [3.05, 3.63) is 48.5 Å². The van der Waals surface area contributed by atoms with E-state index >= 15 is 0 Å². The van der Waals surface area contributed by atoms with E-state index in [1.165, 1.54) is 0 Å². The van der Waals surface area contributed by atoms with Crippen molar-refractivity contribution in [2.45, 2.75) is 46.3 Å². The standard InChI is InChI=1S/C23H28N2O4/c1-15(2)28-20-9-5-18(6-10-20)24-23(27)17-13-22(26)25(14-17)19-7-11-21(12-8-19)29-16(3)4/h5-12,15-17H,13-14H2,1-4H3,(H,24,27). The van der Waals surface area contributed by atoms with Crippen molar-refractivity contribution in [2.75, 3.05) is 16.8 Å². The fraction of sp³-hybridized carbons (Fsp3) is 0.391. The van der Waals surface area contributed by atoms with Crippen LogP contribution in [0.25, 0.3) is 0 Å². The van der Waals surface area contributed by atoms with Crippen LogP contribution in [0.4, 0.5) is 11.4 Å². The first-order valence-corrected chi connectivity index (χ1v) is 9.96. The van der Waals surface area contributed by atoms with Gasteiger partial charge in [0, 0.05) is 24.3 Å². The van der Waals surface area contributed by atoms with Crippen LogP contribution in [-0.2, 0) is 9.59 Å². The number of nitrogens with one attached hydrogen (secondary N) is 1. The molecule has 0 saturated carbocycles. The van der Waals surface area contributed by atoms with Gasteiger partial charge < -0.3 is 19.7 Å². The number of carbonyl (C=O) groups is 2. The van der Waals surface area contributed by atoms with Crippen molar-refractivity contribution in [2.24, 2.45) is 5.92 Å². The van der Waals surface area contributed by atoms with Crippen molar-refractivity contribution in [1.29, 1.82) is 0 Å². The van der Waals surface area contributed by atoms with Gasteiger partial charge in [-0.3, -0.25) is 9.59 Å². The summed E-state index contributed by atoms with van der Waals surface area (Å²) in [4.78, 5) is 26.7. The van der Waals surface area contributed by atoms with E-state index in [-0.39, 0.29) is 36.4 Å². The fourth-order valence-electron chi connectivity index (χ4n) is 3.24. The second-order valence-corrected chi connectivity index (χ2v) is 7.75. The summed E-state index contributed by atoms with van der Waals surface area (Å²) in [7, 11) is 0. The minimum atomic E-state index is -0.388. The molecule has 1 aliphatic heterocycles. The maximum absolute atomic E-state index is 12.6. The molecule has 6 nitrogen and oxygen atoms in total. The molecule has 0 radical (unpaired) electrons. The number of hydrogen-bond donors (Lipinski definition) is 1. The first kappa shape index (κ1) is 20.7. The lowest BCUT2D eigenvalue weighted by atomic mass is 10.1. The highest BCUT2D eigenvalue weighted by Crippen LogP contribution is 2.28. The van der Waals surface area contributed by atoms with Gasteiger partial charge in [-0.25, -0.2) is 0 Å². The third-order valence-electron chi connectivity index (χ3n) is 4.51. The molecule has 0 aromatic heterocycles. The summed E-state index contributed by atoms with van der Waals surface area (Å²) in [6.07, 6.45) is 0.384. The molecular formula is C23H28N2O4. The summed E-state index contributed by atoms with van der Waals surface area (Å²) < 4.78 is 11.2. The largest absolute Gasteiger partial charge is 0.491 e. The Kier molecular flexibility index (Phi) is 6.42. The minimum absolute atomic E-state index is 0.0524. The number of rotatable bonds is 7. The molecule has 1 N–H and O–H groups in total. The smallest absolute Gasteiger partial charge is 0.229 e. The predicted octanol–water partition coefficient (Wildman–Crippen LogP) is 4.25. The molecule has 2 amide bonds. The number of nitrogens with zero attached hydrogens (tertiary/aromatic N) is 1. The predicted molar refractivity (Wildman–Crippen MR) is 114 cm³/mol. The molecule has 0 spiro atoms. The highest BCUT2D eigenvalue weighted by molar-refractivity contribution is 6.03. The van der Waals surface area contributed by atoms with Gasteiger partial charge in [-0.2, -0.15) is 0 Å². The van der Waals surface area contributed by atoms with Gasteiger partial charge in [-0.15, -0.1) is 0 Å². The number of carbonyl (C=O) groups excluding carboxylic acids is 2. The summed E-state index contributed by atoms with van der Waals surface area (Å²) in [6, 6.07) is 14.6. The van der Waals surface area contributed by atoms with Crippen LogP contribution in [0, 0.1) is 5.92 Å². The molecule has 1 atom stereocenters. The lowest BCUT2D eigenvalue weighted by Crippen LogP contribution is -2.28. The average Bonchev–Trinajstić information content (AvgIpc) is 3.05. The van der Waals surface area contributed by atoms with Crippen LogP contribution in [0.3, 0.4) is 0 Å². The van der Waals surface area contributed by atoms with Crippen molar-refractivity contribution >= 4 is 23.2 Å². The van der Waals surface area contributed by atoms with Gasteiger partial charge in [0.15, 0.2) is 0 Å². The second-order valence-electron chi connectivity index (χ2n) is 7.75. The maximum atomic E-state index is 12.6.